The Kier molecular flexibility index (Phi) is 3.70. The first kappa shape index (κ1) is 11.4. The molecular formula is C7H2Br2FIO2. The first-order valence-corrected chi connectivity index (χ1v) is 5.68. The number of benzene rings is 1. The summed E-state index contributed by atoms with van der Waals surface area (Å²) in [5, 5.41) is 8.69. The van der Waals surface area contributed by atoms with Gasteiger partial charge in [-0.05, 0) is 60.5 Å². The smallest absolute Gasteiger partial charge is 0.336 e. The van der Waals surface area contributed by atoms with Crippen molar-refractivity contribution in [2.45, 2.75) is 0 Å². The minimum atomic E-state index is -1.16. The molecule has 0 radical (unpaired) electrons. The predicted molar refractivity (Wildman–Crippen MR) is 61.5 cm³/mol. The van der Waals surface area contributed by atoms with Crippen molar-refractivity contribution in [2.75, 3.05) is 0 Å². The Morgan fingerprint density at radius 1 is 1.46 bits per heavy atom. The van der Waals surface area contributed by atoms with Crippen molar-refractivity contribution in [2.24, 2.45) is 0 Å². The molecule has 70 valence electrons. The molecule has 0 aromatic heterocycles. The number of hydrogen-bond donors (Lipinski definition) is 1. The fraction of sp³-hybridized carbons (Fsp3) is 0. The van der Waals surface area contributed by atoms with Gasteiger partial charge in [-0.2, -0.15) is 0 Å². The van der Waals surface area contributed by atoms with Crippen LogP contribution in [0, 0.1) is 9.39 Å². The second kappa shape index (κ2) is 4.22. The van der Waals surface area contributed by atoms with E-state index in [2.05, 4.69) is 31.9 Å². The molecule has 6 heteroatoms. The van der Waals surface area contributed by atoms with Crippen LogP contribution in [0.2, 0.25) is 0 Å². The molecule has 0 spiro atoms. The highest BCUT2D eigenvalue weighted by Gasteiger charge is 2.17. The molecule has 0 saturated heterocycles. The molecular weight excluding hydrogens is 422 g/mol. The van der Waals surface area contributed by atoms with Crippen LogP contribution < -0.4 is 0 Å². The van der Waals surface area contributed by atoms with Crippen molar-refractivity contribution in [3.05, 3.63) is 30.0 Å². The van der Waals surface area contributed by atoms with Gasteiger partial charge < -0.3 is 5.11 Å². The van der Waals surface area contributed by atoms with E-state index in [4.69, 9.17) is 5.11 Å². The van der Waals surface area contributed by atoms with Gasteiger partial charge in [0.25, 0.3) is 0 Å². The summed E-state index contributed by atoms with van der Waals surface area (Å²) in [5.74, 6) is -1.75. The highest BCUT2D eigenvalue weighted by molar-refractivity contribution is 14.1. The lowest BCUT2D eigenvalue weighted by atomic mass is 10.2. The van der Waals surface area contributed by atoms with E-state index in [1.807, 2.05) is 22.6 Å². The molecule has 1 aromatic rings. The van der Waals surface area contributed by atoms with Crippen molar-refractivity contribution in [1.82, 2.24) is 0 Å². The number of carbonyl (C=O) groups is 1. The van der Waals surface area contributed by atoms with Crippen LogP contribution in [0.1, 0.15) is 10.4 Å². The minimum Gasteiger partial charge on any atom is -0.478 e. The summed E-state index contributed by atoms with van der Waals surface area (Å²) in [6.45, 7) is 0. The summed E-state index contributed by atoms with van der Waals surface area (Å²) in [6.07, 6.45) is 0. The van der Waals surface area contributed by atoms with E-state index in [9.17, 15) is 9.18 Å². The van der Waals surface area contributed by atoms with Gasteiger partial charge in [0.15, 0.2) is 5.82 Å². The number of rotatable bonds is 1. The lowest BCUT2D eigenvalue weighted by molar-refractivity contribution is 0.0695. The molecule has 0 bridgehead atoms. The van der Waals surface area contributed by atoms with Crippen LogP contribution in [-0.2, 0) is 0 Å². The Morgan fingerprint density at radius 2 is 2.00 bits per heavy atom. The molecule has 0 amide bonds. The van der Waals surface area contributed by atoms with Crippen molar-refractivity contribution >= 4 is 60.4 Å². The van der Waals surface area contributed by atoms with E-state index in [0.717, 1.165) is 0 Å². The zero-order valence-corrected chi connectivity index (χ0v) is 11.3. The zero-order valence-electron chi connectivity index (χ0n) is 5.94. The van der Waals surface area contributed by atoms with E-state index < -0.39 is 11.8 Å². The number of carboxylic acid groups (broad SMARTS) is 1. The van der Waals surface area contributed by atoms with Crippen LogP contribution in [0.15, 0.2) is 15.0 Å². The van der Waals surface area contributed by atoms with E-state index in [-0.39, 0.29) is 14.5 Å². The van der Waals surface area contributed by atoms with E-state index in [1.54, 1.807) is 0 Å². The Labute approximate surface area is 104 Å². The molecule has 1 rings (SSSR count). The lowest BCUT2D eigenvalue weighted by Gasteiger charge is -2.04. The second-order valence-electron chi connectivity index (χ2n) is 2.15. The van der Waals surface area contributed by atoms with Crippen LogP contribution in [0.25, 0.3) is 0 Å². The molecule has 0 fully saturated rings. The summed E-state index contributed by atoms with van der Waals surface area (Å²) < 4.78 is 14.0. The van der Waals surface area contributed by atoms with Gasteiger partial charge in [-0.25, -0.2) is 9.18 Å². The van der Waals surface area contributed by atoms with Gasteiger partial charge in [-0.1, -0.05) is 0 Å². The highest BCUT2D eigenvalue weighted by atomic mass is 127. The standard InChI is InChI=1S/C7H2Br2FIO2/c8-4-2(7(12)13)1-3(11)5(9)6(4)10/h1H,(H,12,13). The molecule has 1 aromatic carbocycles. The summed E-state index contributed by atoms with van der Waals surface area (Å²) >= 11 is 7.74. The van der Waals surface area contributed by atoms with E-state index in [0.29, 0.717) is 3.57 Å². The fourth-order valence-corrected chi connectivity index (χ4v) is 2.34. The van der Waals surface area contributed by atoms with Crippen LogP contribution >= 0.6 is 54.5 Å². The molecule has 2 nitrogen and oxygen atoms in total. The lowest BCUT2D eigenvalue weighted by Crippen LogP contribution is -2.01. The van der Waals surface area contributed by atoms with Crippen molar-refractivity contribution in [3.8, 4) is 0 Å². The Balaban J connectivity index is 3.50. The SMILES string of the molecule is O=C(O)c1cc(I)c(Br)c(F)c1Br. The quantitative estimate of drug-likeness (QED) is 0.425. The van der Waals surface area contributed by atoms with Crippen molar-refractivity contribution in [3.63, 3.8) is 0 Å². The first-order valence-electron chi connectivity index (χ1n) is 3.01. The van der Waals surface area contributed by atoms with Crippen molar-refractivity contribution in [1.29, 1.82) is 0 Å². The summed E-state index contributed by atoms with van der Waals surface area (Å²) in [4.78, 5) is 10.6. The molecule has 1 N–H and O–H groups in total. The summed E-state index contributed by atoms with van der Waals surface area (Å²) in [6, 6.07) is 1.39. The van der Waals surface area contributed by atoms with E-state index in [1.165, 1.54) is 6.07 Å². The maximum atomic E-state index is 13.3. The minimum absolute atomic E-state index is 0.0349. The molecule has 0 saturated carbocycles. The Hall–Kier alpha value is 0.310. The largest absolute Gasteiger partial charge is 0.478 e. The normalized spacial score (nSPS) is 10.2. The van der Waals surface area contributed by atoms with Gasteiger partial charge in [0.05, 0.1) is 14.5 Å². The molecule has 0 atom stereocenters. The van der Waals surface area contributed by atoms with E-state index >= 15 is 0 Å². The third-order valence-corrected chi connectivity index (χ3v) is 4.48. The number of hydrogen-bond acceptors (Lipinski definition) is 1. The third-order valence-electron chi connectivity index (χ3n) is 1.33. The van der Waals surface area contributed by atoms with Crippen LogP contribution in [0.5, 0.6) is 0 Å². The maximum absolute atomic E-state index is 13.3. The topological polar surface area (TPSA) is 37.3 Å². The van der Waals surface area contributed by atoms with Gasteiger partial charge in [-0.3, -0.25) is 0 Å². The average Bonchev–Trinajstić information content (AvgIpc) is 2.07. The monoisotopic (exact) mass is 422 g/mol. The summed E-state index contributed by atoms with van der Waals surface area (Å²) in [7, 11) is 0. The molecule has 0 aliphatic heterocycles. The predicted octanol–water partition coefficient (Wildman–Crippen LogP) is 3.65. The van der Waals surface area contributed by atoms with Crippen molar-refractivity contribution < 1.29 is 14.3 Å². The van der Waals surface area contributed by atoms with Gasteiger partial charge in [-0.15, -0.1) is 0 Å². The highest BCUT2D eigenvalue weighted by Crippen LogP contribution is 2.31. The van der Waals surface area contributed by atoms with Gasteiger partial charge in [0.1, 0.15) is 0 Å². The number of aromatic carboxylic acids is 1. The fourth-order valence-electron chi connectivity index (χ4n) is 0.728. The molecule has 13 heavy (non-hydrogen) atoms. The van der Waals surface area contributed by atoms with Crippen LogP contribution in [-0.4, -0.2) is 11.1 Å². The van der Waals surface area contributed by atoms with Gasteiger partial charge >= 0.3 is 5.97 Å². The van der Waals surface area contributed by atoms with Crippen LogP contribution in [0.4, 0.5) is 4.39 Å². The van der Waals surface area contributed by atoms with Gasteiger partial charge in [0, 0.05) is 3.57 Å². The van der Waals surface area contributed by atoms with Crippen LogP contribution in [0.3, 0.4) is 0 Å². The third kappa shape index (κ3) is 2.21. The maximum Gasteiger partial charge on any atom is 0.336 e. The number of carboxylic acids is 1. The number of halogens is 4. The Bertz CT molecular complexity index is 381. The molecule has 0 unspecified atom stereocenters. The molecule has 0 aliphatic rings. The zero-order chi connectivity index (χ0) is 10.2. The Morgan fingerprint density at radius 3 is 2.46 bits per heavy atom. The first-order chi connectivity index (χ1) is 5.95. The second-order valence-corrected chi connectivity index (χ2v) is 4.90. The molecule has 0 heterocycles. The van der Waals surface area contributed by atoms with Gasteiger partial charge in [0.2, 0.25) is 0 Å². The summed E-state index contributed by atoms with van der Waals surface area (Å²) in [5.41, 5.74) is -0.0786. The average molecular weight is 424 g/mol. The molecule has 0 aliphatic carbocycles.